The van der Waals surface area contributed by atoms with Crippen LogP contribution in [-0.2, 0) is 6.42 Å². The zero-order valence-electron chi connectivity index (χ0n) is 10.7. The fraction of sp³-hybridized carbons (Fsp3) is 0.571. The Morgan fingerprint density at radius 2 is 2.17 bits per heavy atom. The van der Waals surface area contributed by atoms with Gasteiger partial charge in [-0.15, -0.1) is 0 Å². The first-order valence-electron chi connectivity index (χ1n) is 6.38. The van der Waals surface area contributed by atoms with Crippen molar-refractivity contribution in [2.24, 2.45) is 5.92 Å². The molecular formula is C14H19F2NO. The van der Waals surface area contributed by atoms with Crippen LogP contribution in [0, 0.1) is 5.92 Å². The van der Waals surface area contributed by atoms with Crippen molar-refractivity contribution in [1.82, 2.24) is 5.32 Å². The Kier molecular flexibility index (Phi) is 4.17. The van der Waals surface area contributed by atoms with E-state index in [0.717, 1.165) is 30.5 Å². The lowest BCUT2D eigenvalue weighted by Crippen LogP contribution is -2.31. The van der Waals surface area contributed by atoms with Gasteiger partial charge in [0.1, 0.15) is 5.75 Å². The third-order valence-electron chi connectivity index (χ3n) is 3.23. The highest BCUT2D eigenvalue weighted by atomic mass is 19.3. The van der Waals surface area contributed by atoms with Crippen molar-refractivity contribution in [1.29, 1.82) is 0 Å². The van der Waals surface area contributed by atoms with E-state index < -0.39 is 6.61 Å². The van der Waals surface area contributed by atoms with Crippen LogP contribution in [-0.4, -0.2) is 13.2 Å². The quantitative estimate of drug-likeness (QED) is 0.888. The second kappa shape index (κ2) is 5.65. The van der Waals surface area contributed by atoms with Gasteiger partial charge in [-0.1, -0.05) is 26.0 Å². The van der Waals surface area contributed by atoms with Gasteiger partial charge >= 0.3 is 6.61 Å². The zero-order chi connectivity index (χ0) is 13.1. The standard InChI is InChI=1S/C14H19F2NO/c1-9(2)8-12-10-4-3-5-13(18-14(15)16)11(10)6-7-17-12/h3-5,9,12,14,17H,6-8H2,1-2H3. The maximum absolute atomic E-state index is 12.4. The molecule has 0 radical (unpaired) electrons. The van der Waals surface area contributed by atoms with Crippen LogP contribution in [0.25, 0.3) is 0 Å². The van der Waals surface area contributed by atoms with E-state index in [1.54, 1.807) is 12.1 Å². The Bertz CT molecular complexity index is 407. The van der Waals surface area contributed by atoms with Crippen LogP contribution >= 0.6 is 0 Å². The average Bonchev–Trinajstić information content (AvgIpc) is 2.29. The van der Waals surface area contributed by atoms with Crippen LogP contribution in [0.2, 0.25) is 0 Å². The summed E-state index contributed by atoms with van der Waals surface area (Å²) < 4.78 is 29.3. The van der Waals surface area contributed by atoms with Crippen molar-refractivity contribution in [3.05, 3.63) is 29.3 Å². The molecule has 100 valence electrons. The predicted octanol–water partition coefficient (Wildman–Crippen LogP) is 3.52. The molecule has 1 aliphatic rings. The van der Waals surface area contributed by atoms with Crippen LogP contribution in [0.15, 0.2) is 18.2 Å². The van der Waals surface area contributed by atoms with Gasteiger partial charge in [-0.25, -0.2) is 0 Å². The van der Waals surface area contributed by atoms with Crippen molar-refractivity contribution in [3.8, 4) is 5.75 Å². The predicted molar refractivity (Wildman–Crippen MR) is 67.0 cm³/mol. The molecule has 1 aromatic carbocycles. The summed E-state index contributed by atoms with van der Waals surface area (Å²) in [4.78, 5) is 0. The Balaban J connectivity index is 2.28. The molecule has 18 heavy (non-hydrogen) atoms. The molecule has 0 fully saturated rings. The van der Waals surface area contributed by atoms with E-state index in [-0.39, 0.29) is 6.04 Å². The van der Waals surface area contributed by atoms with Crippen molar-refractivity contribution in [2.45, 2.75) is 39.3 Å². The molecule has 0 bridgehead atoms. The smallest absolute Gasteiger partial charge is 0.387 e. The number of hydrogen-bond acceptors (Lipinski definition) is 2. The normalized spacial score (nSPS) is 19.1. The number of ether oxygens (including phenoxy) is 1. The van der Waals surface area contributed by atoms with Gasteiger partial charge < -0.3 is 10.1 Å². The molecule has 0 amide bonds. The number of halogens is 2. The number of fused-ring (bicyclic) bond motifs is 1. The molecule has 1 unspecified atom stereocenters. The Morgan fingerprint density at radius 1 is 1.39 bits per heavy atom. The molecule has 0 spiro atoms. The van der Waals surface area contributed by atoms with Gasteiger partial charge in [-0.05, 0) is 36.9 Å². The topological polar surface area (TPSA) is 21.3 Å². The lowest BCUT2D eigenvalue weighted by molar-refractivity contribution is -0.0506. The number of benzene rings is 1. The minimum absolute atomic E-state index is 0.245. The molecule has 1 atom stereocenters. The van der Waals surface area contributed by atoms with Crippen LogP contribution in [0.3, 0.4) is 0 Å². The van der Waals surface area contributed by atoms with Crippen molar-refractivity contribution in [2.75, 3.05) is 6.54 Å². The molecule has 1 N–H and O–H groups in total. The fourth-order valence-corrected chi connectivity index (χ4v) is 2.55. The Hall–Kier alpha value is -1.16. The van der Waals surface area contributed by atoms with Gasteiger partial charge in [0.2, 0.25) is 0 Å². The first-order valence-corrected chi connectivity index (χ1v) is 6.38. The minimum Gasteiger partial charge on any atom is -0.435 e. The van der Waals surface area contributed by atoms with Crippen molar-refractivity contribution < 1.29 is 13.5 Å². The Labute approximate surface area is 106 Å². The van der Waals surface area contributed by atoms with E-state index in [1.807, 2.05) is 6.07 Å². The highest BCUT2D eigenvalue weighted by Gasteiger charge is 2.23. The maximum Gasteiger partial charge on any atom is 0.387 e. The molecule has 1 aromatic rings. The van der Waals surface area contributed by atoms with E-state index >= 15 is 0 Å². The number of hydrogen-bond donors (Lipinski definition) is 1. The van der Waals surface area contributed by atoms with Gasteiger partial charge in [0.05, 0.1) is 0 Å². The lowest BCUT2D eigenvalue weighted by Gasteiger charge is -2.29. The summed E-state index contributed by atoms with van der Waals surface area (Å²) in [5.41, 5.74) is 2.04. The highest BCUT2D eigenvalue weighted by molar-refractivity contribution is 5.43. The van der Waals surface area contributed by atoms with Gasteiger partial charge in [0, 0.05) is 11.6 Å². The maximum atomic E-state index is 12.4. The van der Waals surface area contributed by atoms with E-state index in [0.29, 0.717) is 11.7 Å². The number of nitrogens with one attached hydrogen (secondary N) is 1. The van der Waals surface area contributed by atoms with E-state index in [4.69, 9.17) is 0 Å². The van der Waals surface area contributed by atoms with Gasteiger partial charge in [0.15, 0.2) is 0 Å². The summed E-state index contributed by atoms with van der Waals surface area (Å²) in [7, 11) is 0. The molecule has 4 heteroatoms. The van der Waals surface area contributed by atoms with Crippen LogP contribution in [0.1, 0.15) is 37.4 Å². The first kappa shape index (κ1) is 13.3. The minimum atomic E-state index is -2.75. The SMILES string of the molecule is CC(C)CC1NCCc2c(OC(F)F)cccc21. The third-order valence-corrected chi connectivity index (χ3v) is 3.23. The van der Waals surface area contributed by atoms with E-state index in [2.05, 4.69) is 23.9 Å². The van der Waals surface area contributed by atoms with Crippen molar-refractivity contribution in [3.63, 3.8) is 0 Å². The molecule has 1 heterocycles. The summed E-state index contributed by atoms with van der Waals surface area (Å²) in [6.45, 7) is 2.38. The van der Waals surface area contributed by atoms with Gasteiger partial charge in [0.25, 0.3) is 0 Å². The number of alkyl halides is 2. The lowest BCUT2D eigenvalue weighted by atomic mass is 9.89. The summed E-state index contributed by atoms with van der Waals surface area (Å²) in [5.74, 6) is 0.894. The highest BCUT2D eigenvalue weighted by Crippen LogP contribution is 2.34. The van der Waals surface area contributed by atoms with Gasteiger partial charge in [-0.3, -0.25) is 0 Å². The summed E-state index contributed by atoms with van der Waals surface area (Å²) in [5, 5.41) is 3.44. The molecule has 1 aliphatic heterocycles. The summed E-state index contributed by atoms with van der Waals surface area (Å²) in [6, 6.07) is 5.67. The second-order valence-corrected chi connectivity index (χ2v) is 5.09. The zero-order valence-corrected chi connectivity index (χ0v) is 10.7. The molecule has 0 aromatic heterocycles. The largest absolute Gasteiger partial charge is 0.435 e. The average molecular weight is 255 g/mol. The molecule has 0 aliphatic carbocycles. The molecule has 0 saturated heterocycles. The van der Waals surface area contributed by atoms with Crippen molar-refractivity contribution >= 4 is 0 Å². The third kappa shape index (κ3) is 2.99. The number of rotatable bonds is 4. The van der Waals surface area contributed by atoms with E-state index in [1.165, 1.54) is 0 Å². The van der Waals surface area contributed by atoms with Gasteiger partial charge in [-0.2, -0.15) is 8.78 Å². The molecule has 2 rings (SSSR count). The Morgan fingerprint density at radius 3 is 2.83 bits per heavy atom. The molecular weight excluding hydrogens is 236 g/mol. The van der Waals surface area contributed by atoms with Crippen LogP contribution in [0.5, 0.6) is 5.75 Å². The van der Waals surface area contributed by atoms with E-state index in [9.17, 15) is 8.78 Å². The molecule has 2 nitrogen and oxygen atoms in total. The molecule has 0 saturated carbocycles. The summed E-state index contributed by atoms with van der Waals surface area (Å²) >= 11 is 0. The monoisotopic (exact) mass is 255 g/mol. The van der Waals surface area contributed by atoms with Crippen LogP contribution < -0.4 is 10.1 Å². The van der Waals surface area contributed by atoms with Crippen LogP contribution in [0.4, 0.5) is 8.78 Å². The second-order valence-electron chi connectivity index (χ2n) is 5.09. The summed E-state index contributed by atoms with van der Waals surface area (Å²) in [6.07, 6.45) is 1.75. The first-order chi connectivity index (χ1) is 8.58. The fourth-order valence-electron chi connectivity index (χ4n) is 2.55.